The molecule has 7 nitrogen and oxygen atoms in total. The third kappa shape index (κ3) is 4.53. The largest absolute Gasteiger partial charge is 0.380 e. The average Bonchev–Trinajstić information content (AvgIpc) is 3.12. The van der Waals surface area contributed by atoms with Gasteiger partial charge in [-0.1, -0.05) is 0 Å². The van der Waals surface area contributed by atoms with Crippen molar-refractivity contribution >= 4 is 5.95 Å². The van der Waals surface area contributed by atoms with E-state index in [1.54, 1.807) is 12.5 Å². The molecule has 2 aromatic rings. The standard InChI is InChI=1S/C19H26N6O/c1-2-8-25(7-1)19-21-6-4-18(23-19)13-24-9-10-26-14-16(12-24)11-17-3-5-20-15-22-17/h3-6,15-16H,1-2,7-14H2/t16-/m0/s1. The van der Waals surface area contributed by atoms with E-state index in [4.69, 9.17) is 9.72 Å². The summed E-state index contributed by atoms with van der Waals surface area (Å²) in [5.41, 5.74) is 2.17. The molecular weight excluding hydrogens is 328 g/mol. The highest BCUT2D eigenvalue weighted by molar-refractivity contribution is 5.31. The fourth-order valence-electron chi connectivity index (χ4n) is 3.73. The lowest BCUT2D eigenvalue weighted by Crippen LogP contribution is -2.31. The molecule has 0 spiro atoms. The molecule has 7 heteroatoms. The summed E-state index contributed by atoms with van der Waals surface area (Å²) in [7, 11) is 0. The van der Waals surface area contributed by atoms with Gasteiger partial charge in [0.1, 0.15) is 6.33 Å². The van der Waals surface area contributed by atoms with E-state index in [2.05, 4.69) is 24.8 Å². The molecule has 26 heavy (non-hydrogen) atoms. The van der Waals surface area contributed by atoms with Gasteiger partial charge >= 0.3 is 0 Å². The predicted octanol–water partition coefficient (Wildman–Crippen LogP) is 1.56. The molecule has 0 aliphatic carbocycles. The summed E-state index contributed by atoms with van der Waals surface area (Å²) < 4.78 is 5.83. The lowest BCUT2D eigenvalue weighted by atomic mass is 10.0. The highest BCUT2D eigenvalue weighted by atomic mass is 16.5. The van der Waals surface area contributed by atoms with Crippen molar-refractivity contribution < 1.29 is 4.74 Å². The van der Waals surface area contributed by atoms with Gasteiger partial charge in [-0.05, 0) is 31.4 Å². The number of hydrogen-bond donors (Lipinski definition) is 0. The molecule has 0 aromatic carbocycles. The van der Waals surface area contributed by atoms with Gasteiger partial charge in [0.15, 0.2) is 0 Å². The van der Waals surface area contributed by atoms with E-state index in [-0.39, 0.29) is 0 Å². The number of nitrogens with zero attached hydrogens (tertiary/aromatic N) is 6. The minimum atomic E-state index is 0.437. The maximum Gasteiger partial charge on any atom is 0.225 e. The molecule has 2 aliphatic heterocycles. The van der Waals surface area contributed by atoms with E-state index in [9.17, 15) is 0 Å². The van der Waals surface area contributed by atoms with Gasteiger partial charge in [-0.25, -0.2) is 19.9 Å². The topological polar surface area (TPSA) is 67.3 Å². The van der Waals surface area contributed by atoms with Gasteiger partial charge in [-0.15, -0.1) is 0 Å². The Kier molecular flexibility index (Phi) is 5.66. The molecule has 0 radical (unpaired) electrons. The Morgan fingerprint density at radius 3 is 2.77 bits per heavy atom. The molecule has 0 bridgehead atoms. The third-order valence-corrected chi connectivity index (χ3v) is 5.04. The first-order valence-electron chi connectivity index (χ1n) is 9.49. The maximum absolute atomic E-state index is 5.83. The maximum atomic E-state index is 5.83. The van der Waals surface area contributed by atoms with Crippen LogP contribution in [0.25, 0.3) is 0 Å². The molecule has 2 fully saturated rings. The second-order valence-corrected chi connectivity index (χ2v) is 7.12. The summed E-state index contributed by atoms with van der Waals surface area (Å²) in [6.07, 6.45) is 8.71. The molecule has 2 aliphatic rings. The number of anilines is 1. The minimum Gasteiger partial charge on any atom is -0.380 e. The minimum absolute atomic E-state index is 0.437. The van der Waals surface area contributed by atoms with Gasteiger partial charge in [0.2, 0.25) is 5.95 Å². The van der Waals surface area contributed by atoms with Gasteiger partial charge < -0.3 is 9.64 Å². The molecule has 0 amide bonds. The summed E-state index contributed by atoms with van der Waals surface area (Å²) in [5.74, 6) is 1.32. The fourth-order valence-corrected chi connectivity index (χ4v) is 3.73. The van der Waals surface area contributed by atoms with Crippen molar-refractivity contribution in [3.63, 3.8) is 0 Å². The molecule has 4 heterocycles. The molecule has 2 saturated heterocycles. The molecule has 4 rings (SSSR count). The van der Waals surface area contributed by atoms with E-state index in [0.717, 1.165) is 69.7 Å². The van der Waals surface area contributed by atoms with Crippen molar-refractivity contribution in [2.45, 2.75) is 25.8 Å². The molecule has 0 saturated carbocycles. The zero-order valence-corrected chi connectivity index (χ0v) is 15.1. The molecule has 2 aromatic heterocycles. The van der Waals surface area contributed by atoms with Crippen molar-refractivity contribution in [1.29, 1.82) is 0 Å². The van der Waals surface area contributed by atoms with Gasteiger partial charge in [-0.3, -0.25) is 4.90 Å². The van der Waals surface area contributed by atoms with E-state index in [1.807, 2.05) is 18.3 Å². The average molecular weight is 354 g/mol. The third-order valence-electron chi connectivity index (χ3n) is 5.04. The molecule has 138 valence electrons. The van der Waals surface area contributed by atoms with Crippen LogP contribution in [-0.4, -0.2) is 64.2 Å². The molecular formula is C19H26N6O. The second kappa shape index (κ2) is 8.51. The summed E-state index contributed by atoms with van der Waals surface area (Å²) in [4.78, 5) is 22.3. The van der Waals surface area contributed by atoms with E-state index < -0.39 is 0 Å². The summed E-state index contributed by atoms with van der Waals surface area (Å²) >= 11 is 0. The van der Waals surface area contributed by atoms with Crippen LogP contribution in [0, 0.1) is 5.92 Å². The first-order chi connectivity index (χ1) is 12.9. The SMILES string of the molecule is c1cc(C[C@@H]2COCCN(Cc3ccnc(N4CCCC4)n3)C2)ncn1. The Morgan fingerprint density at radius 1 is 1.04 bits per heavy atom. The van der Waals surface area contributed by atoms with Crippen LogP contribution < -0.4 is 4.90 Å². The first kappa shape index (κ1) is 17.3. The predicted molar refractivity (Wildman–Crippen MR) is 98.8 cm³/mol. The number of aromatic nitrogens is 4. The monoisotopic (exact) mass is 354 g/mol. The Morgan fingerprint density at radius 2 is 1.92 bits per heavy atom. The van der Waals surface area contributed by atoms with Crippen LogP contribution in [0.15, 0.2) is 30.9 Å². The number of rotatable bonds is 5. The van der Waals surface area contributed by atoms with Gasteiger partial charge in [0, 0.05) is 56.7 Å². The van der Waals surface area contributed by atoms with Crippen LogP contribution in [0.1, 0.15) is 24.2 Å². The van der Waals surface area contributed by atoms with Crippen LogP contribution in [-0.2, 0) is 17.7 Å². The van der Waals surface area contributed by atoms with Crippen molar-refractivity contribution in [3.05, 3.63) is 42.2 Å². The smallest absolute Gasteiger partial charge is 0.225 e. The number of ether oxygens (including phenoxy) is 1. The summed E-state index contributed by atoms with van der Waals surface area (Å²) in [5, 5.41) is 0. The number of hydrogen-bond acceptors (Lipinski definition) is 7. The fraction of sp³-hybridized carbons (Fsp3) is 0.579. The highest BCUT2D eigenvalue weighted by Gasteiger charge is 2.21. The Bertz CT molecular complexity index is 691. The van der Waals surface area contributed by atoms with Crippen molar-refractivity contribution in [1.82, 2.24) is 24.8 Å². The zero-order chi connectivity index (χ0) is 17.6. The molecule has 1 atom stereocenters. The summed E-state index contributed by atoms with van der Waals surface area (Å²) in [6.45, 7) is 6.46. The van der Waals surface area contributed by atoms with Gasteiger partial charge in [-0.2, -0.15) is 0 Å². The van der Waals surface area contributed by atoms with Crippen LogP contribution in [0.2, 0.25) is 0 Å². The van der Waals surface area contributed by atoms with E-state index >= 15 is 0 Å². The second-order valence-electron chi connectivity index (χ2n) is 7.12. The van der Waals surface area contributed by atoms with E-state index in [0.29, 0.717) is 5.92 Å². The van der Waals surface area contributed by atoms with Crippen molar-refractivity contribution in [2.75, 3.05) is 44.3 Å². The molecule has 0 N–H and O–H groups in total. The van der Waals surface area contributed by atoms with Crippen molar-refractivity contribution in [2.24, 2.45) is 5.92 Å². The summed E-state index contributed by atoms with van der Waals surface area (Å²) in [6, 6.07) is 4.02. The zero-order valence-electron chi connectivity index (χ0n) is 15.1. The van der Waals surface area contributed by atoms with Crippen LogP contribution in [0.3, 0.4) is 0 Å². The quantitative estimate of drug-likeness (QED) is 0.807. The Hall–Kier alpha value is -2.12. The molecule has 0 unspecified atom stereocenters. The van der Waals surface area contributed by atoms with Crippen LogP contribution >= 0.6 is 0 Å². The lowest BCUT2D eigenvalue weighted by molar-refractivity contribution is 0.121. The van der Waals surface area contributed by atoms with Crippen LogP contribution in [0.5, 0.6) is 0 Å². The normalized spacial score (nSPS) is 21.7. The van der Waals surface area contributed by atoms with Crippen molar-refractivity contribution in [3.8, 4) is 0 Å². The van der Waals surface area contributed by atoms with Crippen LogP contribution in [0.4, 0.5) is 5.95 Å². The van der Waals surface area contributed by atoms with E-state index in [1.165, 1.54) is 12.8 Å². The Labute approximate surface area is 154 Å². The lowest BCUT2D eigenvalue weighted by Gasteiger charge is -2.23. The van der Waals surface area contributed by atoms with Gasteiger partial charge in [0.05, 0.1) is 18.9 Å². The Balaban J connectivity index is 1.39. The van der Waals surface area contributed by atoms with Gasteiger partial charge in [0.25, 0.3) is 0 Å². The highest BCUT2D eigenvalue weighted by Crippen LogP contribution is 2.17. The first-order valence-corrected chi connectivity index (χ1v) is 9.49.